The van der Waals surface area contributed by atoms with Gasteiger partial charge in [-0.25, -0.2) is 0 Å². The summed E-state index contributed by atoms with van der Waals surface area (Å²) in [7, 11) is 0. The molecule has 0 spiro atoms. The Morgan fingerprint density at radius 3 is 2.47 bits per heavy atom. The molecule has 6 nitrogen and oxygen atoms in total. The van der Waals surface area contributed by atoms with Crippen molar-refractivity contribution in [3.05, 3.63) is 34.4 Å². The van der Waals surface area contributed by atoms with Crippen LogP contribution in [-0.4, -0.2) is 29.1 Å². The van der Waals surface area contributed by atoms with Gasteiger partial charge in [-0.05, 0) is 25.8 Å². The molecule has 1 fully saturated rings. The first-order valence-electron chi connectivity index (χ1n) is 6.16. The van der Waals surface area contributed by atoms with Gasteiger partial charge in [0.2, 0.25) is 0 Å². The van der Waals surface area contributed by atoms with Crippen molar-refractivity contribution < 1.29 is 14.8 Å². The summed E-state index contributed by atoms with van der Waals surface area (Å²) in [4.78, 5) is 23.6. The van der Waals surface area contributed by atoms with Crippen molar-refractivity contribution in [1.29, 1.82) is 0 Å². The molecular formula is C13H16N2O4. The Labute approximate surface area is 110 Å². The van der Waals surface area contributed by atoms with Crippen molar-refractivity contribution in [2.45, 2.75) is 19.8 Å². The van der Waals surface area contributed by atoms with E-state index in [-0.39, 0.29) is 5.69 Å². The van der Waals surface area contributed by atoms with Crippen molar-refractivity contribution in [2.24, 2.45) is 5.41 Å². The quantitative estimate of drug-likeness (QED) is 0.668. The smallest absolute Gasteiger partial charge is 0.309 e. The van der Waals surface area contributed by atoms with E-state index in [4.69, 9.17) is 0 Å². The number of para-hydroxylation sites is 2. The minimum Gasteiger partial charge on any atom is -0.481 e. The Morgan fingerprint density at radius 2 is 1.95 bits per heavy atom. The predicted molar refractivity (Wildman–Crippen MR) is 70.3 cm³/mol. The molecule has 0 atom stereocenters. The van der Waals surface area contributed by atoms with Gasteiger partial charge >= 0.3 is 5.97 Å². The Hall–Kier alpha value is -2.11. The van der Waals surface area contributed by atoms with Gasteiger partial charge in [0.1, 0.15) is 5.69 Å². The number of benzene rings is 1. The fourth-order valence-electron chi connectivity index (χ4n) is 2.34. The third-order valence-corrected chi connectivity index (χ3v) is 3.80. The second kappa shape index (κ2) is 4.87. The number of carboxylic acids is 1. The molecule has 1 aromatic carbocycles. The average molecular weight is 264 g/mol. The van der Waals surface area contributed by atoms with Crippen LogP contribution in [0.25, 0.3) is 0 Å². The Bertz CT molecular complexity index is 507. The van der Waals surface area contributed by atoms with Gasteiger partial charge in [0.15, 0.2) is 0 Å². The lowest BCUT2D eigenvalue weighted by Gasteiger charge is -2.37. The molecule has 1 N–H and O–H groups in total. The van der Waals surface area contributed by atoms with Gasteiger partial charge in [-0.3, -0.25) is 14.9 Å². The predicted octanol–water partition coefficient (Wildman–Crippen LogP) is 2.29. The molecule has 102 valence electrons. The van der Waals surface area contributed by atoms with Crippen LogP contribution in [0.1, 0.15) is 19.8 Å². The van der Waals surface area contributed by atoms with E-state index in [1.807, 2.05) is 4.90 Å². The summed E-state index contributed by atoms with van der Waals surface area (Å²) in [5.41, 5.74) is -0.0820. The maximum absolute atomic E-state index is 11.2. The lowest BCUT2D eigenvalue weighted by atomic mass is 9.80. The van der Waals surface area contributed by atoms with E-state index in [1.165, 1.54) is 6.07 Å². The van der Waals surface area contributed by atoms with Crippen LogP contribution < -0.4 is 4.90 Å². The Balaban J connectivity index is 2.19. The molecule has 0 saturated carbocycles. The van der Waals surface area contributed by atoms with E-state index in [0.717, 1.165) is 0 Å². The number of nitrogens with zero attached hydrogens (tertiary/aromatic N) is 2. The lowest BCUT2D eigenvalue weighted by Crippen LogP contribution is -2.42. The van der Waals surface area contributed by atoms with Crippen LogP contribution >= 0.6 is 0 Å². The zero-order valence-electron chi connectivity index (χ0n) is 10.7. The van der Waals surface area contributed by atoms with Crippen LogP contribution in [-0.2, 0) is 4.79 Å². The van der Waals surface area contributed by atoms with Crippen molar-refractivity contribution in [1.82, 2.24) is 0 Å². The number of rotatable bonds is 3. The Kier molecular flexibility index (Phi) is 3.42. The van der Waals surface area contributed by atoms with E-state index in [9.17, 15) is 20.0 Å². The van der Waals surface area contributed by atoms with Gasteiger partial charge < -0.3 is 10.0 Å². The molecule has 1 saturated heterocycles. The van der Waals surface area contributed by atoms with Crippen molar-refractivity contribution in [2.75, 3.05) is 18.0 Å². The number of aliphatic carboxylic acids is 1. The van der Waals surface area contributed by atoms with Crippen molar-refractivity contribution in [3.63, 3.8) is 0 Å². The number of hydrogen-bond donors (Lipinski definition) is 1. The molecule has 0 radical (unpaired) electrons. The molecule has 1 aliphatic rings. The fourth-order valence-corrected chi connectivity index (χ4v) is 2.34. The molecule has 6 heteroatoms. The standard InChI is InChI=1S/C13H16N2O4/c1-13(12(16)17)6-8-14(9-7-13)10-4-2-3-5-11(10)15(18)19/h2-5H,6-9H2,1H3,(H,16,17). The summed E-state index contributed by atoms with van der Waals surface area (Å²) in [6, 6.07) is 6.57. The molecule has 0 amide bonds. The SMILES string of the molecule is CC1(C(=O)O)CCN(c2ccccc2[N+](=O)[O-])CC1. The summed E-state index contributed by atoms with van der Waals surface area (Å²) in [5.74, 6) is -0.797. The highest BCUT2D eigenvalue weighted by Gasteiger charge is 2.37. The normalized spacial score (nSPS) is 18.1. The number of nitro benzene ring substituents is 1. The number of piperidine rings is 1. The molecule has 19 heavy (non-hydrogen) atoms. The van der Waals surface area contributed by atoms with Crippen LogP contribution in [0.4, 0.5) is 11.4 Å². The number of carboxylic acid groups (broad SMARTS) is 1. The molecule has 1 heterocycles. The van der Waals surface area contributed by atoms with Crippen LogP contribution in [0.5, 0.6) is 0 Å². The van der Waals surface area contributed by atoms with Gasteiger partial charge in [-0.2, -0.15) is 0 Å². The first-order chi connectivity index (χ1) is 8.94. The van der Waals surface area contributed by atoms with Gasteiger partial charge in [0.05, 0.1) is 10.3 Å². The molecule has 0 aromatic heterocycles. The number of anilines is 1. The van der Waals surface area contributed by atoms with Crippen LogP contribution in [0.15, 0.2) is 24.3 Å². The first-order valence-corrected chi connectivity index (χ1v) is 6.16. The summed E-state index contributed by atoms with van der Waals surface area (Å²) in [6.45, 7) is 2.77. The number of hydrogen-bond acceptors (Lipinski definition) is 4. The van der Waals surface area contributed by atoms with Gasteiger partial charge in [-0.1, -0.05) is 12.1 Å². The van der Waals surface area contributed by atoms with Crippen LogP contribution in [0.3, 0.4) is 0 Å². The number of nitro groups is 1. The lowest BCUT2D eigenvalue weighted by molar-refractivity contribution is -0.384. The topological polar surface area (TPSA) is 83.7 Å². The average Bonchev–Trinajstić information content (AvgIpc) is 2.39. The highest BCUT2D eigenvalue weighted by molar-refractivity contribution is 5.75. The summed E-state index contributed by atoms with van der Waals surface area (Å²) < 4.78 is 0. The highest BCUT2D eigenvalue weighted by Crippen LogP contribution is 2.36. The van der Waals surface area contributed by atoms with E-state index < -0.39 is 16.3 Å². The zero-order valence-corrected chi connectivity index (χ0v) is 10.7. The van der Waals surface area contributed by atoms with Crippen molar-refractivity contribution in [3.8, 4) is 0 Å². The Morgan fingerprint density at radius 1 is 1.37 bits per heavy atom. The van der Waals surface area contributed by atoms with E-state index in [0.29, 0.717) is 31.6 Å². The highest BCUT2D eigenvalue weighted by atomic mass is 16.6. The second-order valence-corrected chi connectivity index (χ2v) is 5.10. The van der Waals surface area contributed by atoms with Gasteiger partial charge in [0, 0.05) is 19.2 Å². The van der Waals surface area contributed by atoms with E-state index in [2.05, 4.69) is 0 Å². The summed E-state index contributed by atoms with van der Waals surface area (Å²) in [5, 5.41) is 20.2. The molecule has 2 rings (SSSR count). The van der Waals surface area contributed by atoms with Crippen LogP contribution in [0, 0.1) is 15.5 Å². The van der Waals surface area contributed by atoms with Crippen molar-refractivity contribution >= 4 is 17.3 Å². The molecule has 0 unspecified atom stereocenters. The van der Waals surface area contributed by atoms with E-state index >= 15 is 0 Å². The van der Waals surface area contributed by atoms with E-state index in [1.54, 1.807) is 25.1 Å². The van der Waals surface area contributed by atoms with Gasteiger partial charge in [-0.15, -0.1) is 0 Å². The van der Waals surface area contributed by atoms with Gasteiger partial charge in [0.25, 0.3) is 5.69 Å². The third kappa shape index (κ3) is 2.52. The first kappa shape index (κ1) is 13.3. The molecule has 0 bridgehead atoms. The zero-order chi connectivity index (χ0) is 14.0. The fraction of sp³-hybridized carbons (Fsp3) is 0.462. The molecule has 1 aliphatic heterocycles. The largest absolute Gasteiger partial charge is 0.481 e. The summed E-state index contributed by atoms with van der Waals surface area (Å²) in [6.07, 6.45) is 0.989. The molecule has 1 aromatic rings. The number of carbonyl (C=O) groups is 1. The summed E-state index contributed by atoms with van der Waals surface area (Å²) >= 11 is 0. The maximum Gasteiger partial charge on any atom is 0.309 e. The maximum atomic E-state index is 11.2. The van der Waals surface area contributed by atoms with Crippen LogP contribution in [0.2, 0.25) is 0 Å². The third-order valence-electron chi connectivity index (χ3n) is 3.80. The minimum absolute atomic E-state index is 0.0708. The minimum atomic E-state index is -0.797. The monoisotopic (exact) mass is 264 g/mol. The second-order valence-electron chi connectivity index (χ2n) is 5.10. The molecular weight excluding hydrogens is 248 g/mol. The molecule has 0 aliphatic carbocycles.